The Balaban J connectivity index is 1.25. The largest absolute Gasteiger partial charge is 0.496 e. The summed E-state index contributed by atoms with van der Waals surface area (Å²) in [6, 6.07) is 16.0. The summed E-state index contributed by atoms with van der Waals surface area (Å²) >= 11 is 0. The van der Waals surface area contributed by atoms with Gasteiger partial charge in [-0.15, -0.1) is 0 Å². The third-order valence-corrected chi connectivity index (χ3v) is 7.83. The van der Waals surface area contributed by atoms with Gasteiger partial charge >= 0.3 is 0 Å². The molecule has 224 valence electrons. The molecule has 0 spiro atoms. The highest BCUT2D eigenvalue weighted by Gasteiger charge is 2.23. The molecule has 6 rings (SSSR count). The first-order chi connectivity index (χ1) is 21.4. The zero-order valence-electron chi connectivity index (χ0n) is 23.8. The van der Waals surface area contributed by atoms with Gasteiger partial charge in [0.1, 0.15) is 41.5 Å². The summed E-state index contributed by atoms with van der Waals surface area (Å²) in [5, 5.41) is 8.06. The summed E-state index contributed by atoms with van der Waals surface area (Å²) in [5.41, 5.74) is 9.75. The van der Waals surface area contributed by atoms with Gasteiger partial charge in [-0.25, -0.2) is 23.4 Å². The van der Waals surface area contributed by atoms with Crippen LogP contribution in [0.1, 0.15) is 28.8 Å². The van der Waals surface area contributed by atoms with E-state index in [0.717, 1.165) is 17.9 Å². The number of aromatic nitrogens is 4. The molecule has 0 atom stereocenters. The lowest BCUT2D eigenvalue weighted by atomic mass is 9.98. The van der Waals surface area contributed by atoms with E-state index >= 15 is 4.39 Å². The van der Waals surface area contributed by atoms with Crippen LogP contribution in [-0.2, 0) is 11.3 Å². The third kappa shape index (κ3) is 5.53. The Morgan fingerprint density at radius 2 is 1.84 bits per heavy atom. The number of nitrogens with two attached hydrogens (primary N) is 1. The van der Waals surface area contributed by atoms with E-state index < -0.39 is 17.5 Å². The van der Waals surface area contributed by atoms with Crippen molar-refractivity contribution in [1.82, 2.24) is 25.1 Å². The fourth-order valence-corrected chi connectivity index (χ4v) is 5.43. The topological polar surface area (TPSA) is 128 Å². The lowest BCUT2D eigenvalue weighted by Crippen LogP contribution is -2.34. The summed E-state index contributed by atoms with van der Waals surface area (Å²) < 4.78 is 35.8. The maximum Gasteiger partial charge on any atom is 0.255 e. The number of ether oxygens (including phenoxy) is 1. The second-order valence-corrected chi connectivity index (χ2v) is 10.5. The standard InChI is InChI=1S/C32H29F2N7O3/c1-44-27-9-6-22(33)14-24(27)32(43)36-16-19-2-4-21(5-3-19)29-28-30(35)37-18-38-31(28)41(39-29)23-7-8-26(25(34)15-23)40-12-10-20(17-42)11-13-40/h2-9,14-15,17-18,20H,10-13,16H2,1H3,(H,36,43)(H2,35,37,38). The lowest BCUT2D eigenvalue weighted by Gasteiger charge is -2.31. The molecule has 1 amide bonds. The number of carbonyl (C=O) groups excluding carboxylic acids is 2. The number of hydrogen-bond donors (Lipinski definition) is 2. The molecule has 0 unspecified atom stereocenters. The van der Waals surface area contributed by atoms with E-state index in [2.05, 4.69) is 15.3 Å². The minimum absolute atomic E-state index is 0.0183. The van der Waals surface area contributed by atoms with E-state index in [1.54, 1.807) is 12.1 Å². The molecule has 1 aliphatic rings. The molecule has 3 aromatic carbocycles. The Morgan fingerprint density at radius 1 is 1.07 bits per heavy atom. The van der Waals surface area contributed by atoms with Gasteiger partial charge in [-0.2, -0.15) is 5.10 Å². The van der Waals surface area contributed by atoms with E-state index in [-0.39, 0.29) is 29.6 Å². The first-order valence-electron chi connectivity index (χ1n) is 14.1. The number of carbonyl (C=O) groups is 2. The molecule has 44 heavy (non-hydrogen) atoms. The molecule has 3 heterocycles. The van der Waals surface area contributed by atoms with Gasteiger partial charge in [0.25, 0.3) is 5.91 Å². The van der Waals surface area contributed by atoms with E-state index in [9.17, 15) is 14.0 Å². The number of hydrogen-bond acceptors (Lipinski definition) is 8. The van der Waals surface area contributed by atoms with Crippen LogP contribution in [0.25, 0.3) is 28.0 Å². The maximum atomic E-state index is 15.4. The molecule has 1 saturated heterocycles. The predicted octanol–water partition coefficient (Wildman–Crippen LogP) is 4.70. The van der Waals surface area contributed by atoms with Crippen LogP contribution in [0.5, 0.6) is 5.75 Å². The second-order valence-electron chi connectivity index (χ2n) is 10.5. The number of piperidine rings is 1. The van der Waals surface area contributed by atoms with Crippen LogP contribution in [0, 0.1) is 17.6 Å². The minimum atomic E-state index is -0.537. The fraction of sp³-hybridized carbons (Fsp3) is 0.219. The lowest BCUT2D eigenvalue weighted by molar-refractivity contribution is -0.111. The molecule has 0 radical (unpaired) electrons. The van der Waals surface area contributed by atoms with Gasteiger partial charge < -0.3 is 25.5 Å². The Morgan fingerprint density at radius 3 is 2.55 bits per heavy atom. The Hall–Kier alpha value is -5.39. The summed E-state index contributed by atoms with van der Waals surface area (Å²) in [6.45, 7) is 1.41. The van der Waals surface area contributed by atoms with E-state index in [1.165, 1.54) is 36.3 Å². The van der Waals surface area contributed by atoms with Crippen LogP contribution < -0.4 is 20.7 Å². The van der Waals surface area contributed by atoms with Crippen molar-refractivity contribution in [2.75, 3.05) is 30.8 Å². The monoisotopic (exact) mass is 597 g/mol. The maximum absolute atomic E-state index is 15.4. The number of anilines is 2. The number of benzene rings is 3. The Labute approximate surface area is 251 Å². The number of methoxy groups -OCH3 is 1. The second kappa shape index (κ2) is 12.1. The molecule has 0 aliphatic carbocycles. The molecular formula is C32H29F2N7O3. The number of halogens is 2. The summed E-state index contributed by atoms with van der Waals surface area (Å²) in [7, 11) is 1.42. The Bertz CT molecular complexity index is 1850. The first kappa shape index (κ1) is 28.7. The zero-order chi connectivity index (χ0) is 30.8. The van der Waals surface area contributed by atoms with Gasteiger partial charge in [-0.3, -0.25) is 4.79 Å². The number of fused-ring (bicyclic) bond motifs is 1. The van der Waals surface area contributed by atoms with Crippen molar-refractivity contribution in [2.45, 2.75) is 19.4 Å². The van der Waals surface area contributed by atoms with Crippen molar-refractivity contribution in [3.63, 3.8) is 0 Å². The van der Waals surface area contributed by atoms with Gasteiger partial charge in [0, 0.05) is 37.2 Å². The SMILES string of the molecule is COc1ccc(F)cc1C(=O)NCc1ccc(-c2nn(-c3ccc(N4CCC(C=O)CC4)c(F)c3)c3ncnc(N)c23)cc1. The van der Waals surface area contributed by atoms with Crippen LogP contribution in [0.3, 0.4) is 0 Å². The van der Waals surface area contributed by atoms with Crippen LogP contribution in [-0.4, -0.2) is 52.1 Å². The minimum Gasteiger partial charge on any atom is -0.496 e. The average Bonchev–Trinajstić information content (AvgIpc) is 3.45. The van der Waals surface area contributed by atoms with Crippen LogP contribution in [0.2, 0.25) is 0 Å². The van der Waals surface area contributed by atoms with Gasteiger partial charge in [-0.1, -0.05) is 24.3 Å². The molecule has 0 saturated carbocycles. The average molecular weight is 598 g/mol. The van der Waals surface area contributed by atoms with Crippen molar-refractivity contribution >= 4 is 34.7 Å². The highest BCUT2D eigenvalue weighted by atomic mass is 19.1. The van der Waals surface area contributed by atoms with Gasteiger partial charge in [0.15, 0.2) is 5.65 Å². The molecule has 3 N–H and O–H groups in total. The third-order valence-electron chi connectivity index (χ3n) is 7.83. The number of aldehydes is 1. The first-order valence-corrected chi connectivity index (χ1v) is 14.1. The van der Waals surface area contributed by atoms with Gasteiger partial charge in [0.05, 0.1) is 29.4 Å². The normalized spacial score (nSPS) is 13.7. The van der Waals surface area contributed by atoms with Crippen LogP contribution in [0.15, 0.2) is 67.0 Å². The number of nitrogen functional groups attached to an aromatic ring is 1. The van der Waals surface area contributed by atoms with Crippen LogP contribution in [0.4, 0.5) is 20.3 Å². The summed E-state index contributed by atoms with van der Waals surface area (Å²) in [5.74, 6) is -0.887. The molecule has 0 bridgehead atoms. The predicted molar refractivity (Wildman–Crippen MR) is 162 cm³/mol. The zero-order valence-corrected chi connectivity index (χ0v) is 23.8. The van der Waals surface area contributed by atoms with Gasteiger partial charge in [0.2, 0.25) is 0 Å². The van der Waals surface area contributed by atoms with Crippen molar-refractivity contribution in [2.24, 2.45) is 5.92 Å². The summed E-state index contributed by atoms with van der Waals surface area (Å²) in [4.78, 5) is 34.3. The number of nitrogens with one attached hydrogen (secondary N) is 1. The van der Waals surface area contributed by atoms with Gasteiger partial charge in [-0.05, 0) is 48.7 Å². The number of amides is 1. The molecule has 12 heteroatoms. The Kier molecular flexibility index (Phi) is 7.88. The van der Waals surface area contributed by atoms with Crippen molar-refractivity contribution in [3.05, 3.63) is 89.8 Å². The highest BCUT2D eigenvalue weighted by molar-refractivity contribution is 5.99. The number of rotatable bonds is 8. The molecule has 5 aromatic rings. The van der Waals surface area contributed by atoms with E-state index in [1.807, 2.05) is 29.2 Å². The van der Waals surface area contributed by atoms with E-state index in [4.69, 9.17) is 15.6 Å². The molecule has 2 aromatic heterocycles. The number of nitrogens with zero attached hydrogens (tertiary/aromatic N) is 5. The van der Waals surface area contributed by atoms with Crippen molar-refractivity contribution < 1.29 is 23.1 Å². The highest BCUT2D eigenvalue weighted by Crippen LogP contribution is 2.33. The van der Waals surface area contributed by atoms with Crippen molar-refractivity contribution in [3.8, 4) is 22.7 Å². The molecular weight excluding hydrogens is 568 g/mol. The van der Waals surface area contributed by atoms with Crippen LogP contribution >= 0.6 is 0 Å². The van der Waals surface area contributed by atoms with Crippen molar-refractivity contribution in [1.29, 1.82) is 0 Å². The molecule has 10 nitrogen and oxygen atoms in total. The molecule has 1 aliphatic heterocycles. The quantitative estimate of drug-likeness (QED) is 0.247. The fourth-order valence-electron chi connectivity index (χ4n) is 5.43. The van der Waals surface area contributed by atoms with E-state index in [0.29, 0.717) is 59.6 Å². The molecule has 1 fully saturated rings. The smallest absolute Gasteiger partial charge is 0.255 e. The summed E-state index contributed by atoms with van der Waals surface area (Å²) in [6.07, 6.45) is 3.70.